The summed E-state index contributed by atoms with van der Waals surface area (Å²) in [5.41, 5.74) is 5.85. The number of nitrogens with one attached hydrogen (secondary N) is 1. The van der Waals surface area contributed by atoms with Crippen molar-refractivity contribution in [1.29, 1.82) is 0 Å². The average molecular weight is 250 g/mol. The van der Waals surface area contributed by atoms with Gasteiger partial charge in [-0.3, -0.25) is 9.59 Å². The van der Waals surface area contributed by atoms with Crippen LogP contribution in [0.3, 0.4) is 0 Å². The highest BCUT2D eigenvalue weighted by Gasteiger charge is 2.14. The van der Waals surface area contributed by atoms with E-state index in [0.717, 1.165) is 0 Å². The topological polar surface area (TPSA) is 81.4 Å². The average Bonchev–Trinajstić information content (AvgIpc) is 2.49. The van der Waals surface area contributed by atoms with Crippen LogP contribution in [0.1, 0.15) is 13.3 Å². The molecule has 0 spiro atoms. The van der Waals surface area contributed by atoms with Gasteiger partial charge < -0.3 is 15.8 Å². The molecule has 1 rings (SSSR count). The zero-order valence-corrected chi connectivity index (χ0v) is 10.6. The molecule has 0 aliphatic heterocycles. The Morgan fingerprint density at radius 2 is 2.17 bits per heavy atom. The Labute approximate surface area is 106 Å². The van der Waals surface area contributed by atoms with E-state index in [2.05, 4.69) is 10.1 Å². The quantitative estimate of drug-likeness (QED) is 0.709. The van der Waals surface area contributed by atoms with Crippen LogP contribution in [-0.2, 0) is 14.3 Å². The zero-order valence-electron chi connectivity index (χ0n) is 10.6. The third kappa shape index (κ3) is 4.55. The summed E-state index contributed by atoms with van der Waals surface area (Å²) in [7, 11) is 1.31. The highest BCUT2D eigenvalue weighted by molar-refractivity contribution is 5.96. The van der Waals surface area contributed by atoms with E-state index in [1.165, 1.54) is 7.11 Å². The number of carbonyl (C=O) groups excluding carboxylic acids is 2. The predicted molar refractivity (Wildman–Crippen MR) is 68.6 cm³/mol. The zero-order chi connectivity index (χ0) is 13.6. The third-order valence-electron chi connectivity index (χ3n) is 2.46. The van der Waals surface area contributed by atoms with Crippen LogP contribution in [0, 0.1) is 0 Å². The summed E-state index contributed by atoms with van der Waals surface area (Å²) in [6, 6.07) is 0. The Morgan fingerprint density at radius 3 is 2.83 bits per heavy atom. The van der Waals surface area contributed by atoms with Gasteiger partial charge in [-0.15, -0.1) is 0 Å². The summed E-state index contributed by atoms with van der Waals surface area (Å²) in [4.78, 5) is 22.7. The standard InChI is InChI=1S/C13H18N2O3/c1-13(14)7-3-4-10(5-8-13)12(17)15-9-6-11(16)18-2/h3-5,7-8H,6,9,14H2,1-2H3,(H,15,17). The van der Waals surface area contributed by atoms with Crippen molar-refractivity contribution in [3.8, 4) is 0 Å². The minimum atomic E-state index is -0.551. The number of nitrogens with two attached hydrogens (primary N) is 1. The van der Waals surface area contributed by atoms with Crippen LogP contribution < -0.4 is 11.1 Å². The Kier molecular flexibility index (Phi) is 4.85. The monoisotopic (exact) mass is 250 g/mol. The molecule has 98 valence electrons. The number of amides is 1. The molecule has 1 aliphatic rings. The van der Waals surface area contributed by atoms with Crippen molar-refractivity contribution >= 4 is 11.9 Å². The minimum Gasteiger partial charge on any atom is -0.469 e. The number of esters is 1. The molecule has 3 N–H and O–H groups in total. The Morgan fingerprint density at radius 1 is 1.44 bits per heavy atom. The molecule has 0 bridgehead atoms. The highest BCUT2D eigenvalue weighted by atomic mass is 16.5. The summed E-state index contributed by atoms with van der Waals surface area (Å²) in [6.07, 6.45) is 8.81. The van der Waals surface area contributed by atoms with Crippen LogP contribution in [0.5, 0.6) is 0 Å². The predicted octanol–water partition coefficient (Wildman–Crippen LogP) is 0.435. The van der Waals surface area contributed by atoms with Gasteiger partial charge in [0.05, 0.1) is 19.1 Å². The van der Waals surface area contributed by atoms with Gasteiger partial charge in [0.15, 0.2) is 0 Å². The fourth-order valence-electron chi connectivity index (χ4n) is 1.37. The summed E-state index contributed by atoms with van der Waals surface area (Å²) in [5, 5.41) is 2.64. The van der Waals surface area contributed by atoms with E-state index in [1.54, 1.807) is 30.4 Å². The Balaban J connectivity index is 2.51. The van der Waals surface area contributed by atoms with E-state index in [1.807, 2.05) is 6.92 Å². The van der Waals surface area contributed by atoms with Gasteiger partial charge >= 0.3 is 5.97 Å². The third-order valence-corrected chi connectivity index (χ3v) is 2.46. The molecule has 1 aliphatic carbocycles. The SMILES string of the molecule is COC(=O)CCNC(=O)C1=CC=CC(C)(N)C=C1. The normalized spacial score (nSPS) is 22.1. The molecule has 1 unspecified atom stereocenters. The van der Waals surface area contributed by atoms with Crippen molar-refractivity contribution in [2.24, 2.45) is 5.73 Å². The van der Waals surface area contributed by atoms with Crippen LogP contribution in [0.15, 0.2) is 36.0 Å². The van der Waals surface area contributed by atoms with Gasteiger partial charge in [-0.25, -0.2) is 0 Å². The molecular formula is C13H18N2O3. The van der Waals surface area contributed by atoms with Crippen LogP contribution in [0.25, 0.3) is 0 Å². The van der Waals surface area contributed by atoms with Crippen molar-refractivity contribution in [2.45, 2.75) is 18.9 Å². The summed E-state index contributed by atoms with van der Waals surface area (Å²) in [6.45, 7) is 2.09. The van der Waals surface area contributed by atoms with Crippen molar-refractivity contribution in [3.05, 3.63) is 36.0 Å². The van der Waals surface area contributed by atoms with Gasteiger partial charge in [0, 0.05) is 12.1 Å². The summed E-state index contributed by atoms with van der Waals surface area (Å²) < 4.78 is 4.48. The molecule has 0 fully saturated rings. The second-order valence-electron chi connectivity index (χ2n) is 4.26. The highest BCUT2D eigenvalue weighted by Crippen LogP contribution is 2.11. The maximum Gasteiger partial charge on any atom is 0.307 e. The van der Waals surface area contributed by atoms with Gasteiger partial charge in [0.2, 0.25) is 0 Å². The Bertz CT molecular complexity index is 420. The molecule has 5 nitrogen and oxygen atoms in total. The van der Waals surface area contributed by atoms with Gasteiger partial charge in [0.1, 0.15) is 0 Å². The lowest BCUT2D eigenvalue weighted by Gasteiger charge is -2.12. The lowest BCUT2D eigenvalue weighted by molar-refractivity contribution is -0.140. The van der Waals surface area contributed by atoms with Crippen LogP contribution in [0.4, 0.5) is 0 Å². The fourth-order valence-corrected chi connectivity index (χ4v) is 1.37. The maximum absolute atomic E-state index is 11.8. The van der Waals surface area contributed by atoms with Gasteiger partial charge in [-0.05, 0) is 13.0 Å². The molecule has 0 aromatic rings. The minimum absolute atomic E-state index is 0.156. The van der Waals surface area contributed by atoms with E-state index in [0.29, 0.717) is 5.57 Å². The number of hydrogen-bond donors (Lipinski definition) is 2. The van der Waals surface area contributed by atoms with Crippen LogP contribution in [-0.4, -0.2) is 31.1 Å². The van der Waals surface area contributed by atoms with Crippen molar-refractivity contribution in [1.82, 2.24) is 5.32 Å². The first-order chi connectivity index (χ1) is 8.44. The molecule has 5 heteroatoms. The molecule has 1 atom stereocenters. The molecular weight excluding hydrogens is 232 g/mol. The molecule has 1 amide bonds. The van der Waals surface area contributed by atoms with E-state index in [4.69, 9.17) is 5.73 Å². The first-order valence-electron chi connectivity index (χ1n) is 5.67. The molecule has 18 heavy (non-hydrogen) atoms. The maximum atomic E-state index is 11.8. The largest absolute Gasteiger partial charge is 0.469 e. The second-order valence-corrected chi connectivity index (χ2v) is 4.26. The number of allylic oxidation sites excluding steroid dienone is 2. The Hall–Kier alpha value is -1.88. The first kappa shape index (κ1) is 14.2. The van der Waals surface area contributed by atoms with Crippen LogP contribution >= 0.6 is 0 Å². The van der Waals surface area contributed by atoms with Crippen molar-refractivity contribution < 1.29 is 14.3 Å². The number of hydrogen-bond acceptors (Lipinski definition) is 4. The molecule has 0 aromatic carbocycles. The molecule has 0 heterocycles. The first-order valence-corrected chi connectivity index (χ1v) is 5.67. The van der Waals surface area contributed by atoms with Crippen molar-refractivity contribution in [3.63, 3.8) is 0 Å². The van der Waals surface area contributed by atoms with E-state index < -0.39 is 5.54 Å². The van der Waals surface area contributed by atoms with Gasteiger partial charge in [0.25, 0.3) is 5.91 Å². The van der Waals surface area contributed by atoms with E-state index in [-0.39, 0.29) is 24.8 Å². The van der Waals surface area contributed by atoms with Gasteiger partial charge in [-0.2, -0.15) is 0 Å². The second kappa shape index (κ2) is 6.16. The van der Waals surface area contributed by atoms with Crippen molar-refractivity contribution in [2.75, 3.05) is 13.7 Å². The van der Waals surface area contributed by atoms with E-state index in [9.17, 15) is 9.59 Å². The van der Waals surface area contributed by atoms with Gasteiger partial charge in [-0.1, -0.05) is 24.3 Å². The molecule has 0 aromatic heterocycles. The van der Waals surface area contributed by atoms with E-state index >= 15 is 0 Å². The fraction of sp³-hybridized carbons (Fsp3) is 0.385. The molecule has 0 saturated carbocycles. The summed E-state index contributed by atoms with van der Waals surface area (Å²) >= 11 is 0. The number of ether oxygens (including phenoxy) is 1. The number of rotatable bonds is 4. The number of methoxy groups -OCH3 is 1. The van der Waals surface area contributed by atoms with Crippen LogP contribution in [0.2, 0.25) is 0 Å². The lowest BCUT2D eigenvalue weighted by Crippen LogP contribution is -2.30. The smallest absolute Gasteiger partial charge is 0.307 e. The molecule has 0 radical (unpaired) electrons. The number of carbonyl (C=O) groups is 2. The summed E-state index contributed by atoms with van der Waals surface area (Å²) in [5.74, 6) is -0.590. The lowest BCUT2D eigenvalue weighted by atomic mass is 10.0. The molecule has 0 saturated heterocycles.